The molecule has 0 aromatic rings. The summed E-state index contributed by atoms with van der Waals surface area (Å²) in [7, 11) is 0. The SMILES string of the molecule is CC(C)CC1(F)CCN(C(C)C)CC1. The summed E-state index contributed by atoms with van der Waals surface area (Å²) in [6.45, 7) is 10.5. The topological polar surface area (TPSA) is 3.24 Å². The second-order valence-corrected chi connectivity index (χ2v) is 5.38. The van der Waals surface area contributed by atoms with E-state index in [1.165, 1.54) is 0 Å². The van der Waals surface area contributed by atoms with Crippen LogP contribution in [0.1, 0.15) is 47.0 Å². The van der Waals surface area contributed by atoms with Gasteiger partial charge >= 0.3 is 0 Å². The Morgan fingerprint density at radius 1 is 1.14 bits per heavy atom. The van der Waals surface area contributed by atoms with Crippen molar-refractivity contribution in [3.63, 3.8) is 0 Å². The van der Waals surface area contributed by atoms with E-state index in [1.54, 1.807) is 0 Å². The quantitative estimate of drug-likeness (QED) is 0.677. The van der Waals surface area contributed by atoms with Gasteiger partial charge in [0.05, 0.1) is 0 Å². The molecule has 1 nitrogen and oxygen atoms in total. The van der Waals surface area contributed by atoms with E-state index in [2.05, 4.69) is 32.6 Å². The van der Waals surface area contributed by atoms with Crippen LogP contribution in [-0.2, 0) is 0 Å². The summed E-state index contributed by atoms with van der Waals surface area (Å²) in [6, 6.07) is 0.568. The van der Waals surface area contributed by atoms with Gasteiger partial charge in [-0.05, 0) is 39.0 Å². The molecule has 1 saturated heterocycles. The molecule has 0 saturated carbocycles. The zero-order valence-electron chi connectivity index (χ0n) is 10.0. The Hall–Kier alpha value is -0.110. The highest BCUT2D eigenvalue weighted by molar-refractivity contribution is 4.87. The Bertz CT molecular complexity index is 169. The Labute approximate surface area is 87.7 Å². The average Bonchev–Trinajstić information content (AvgIpc) is 2.02. The van der Waals surface area contributed by atoms with Gasteiger partial charge in [-0.15, -0.1) is 0 Å². The Morgan fingerprint density at radius 3 is 2.00 bits per heavy atom. The summed E-state index contributed by atoms with van der Waals surface area (Å²) >= 11 is 0. The molecule has 0 aromatic heterocycles. The van der Waals surface area contributed by atoms with Crippen molar-refractivity contribution in [2.75, 3.05) is 13.1 Å². The van der Waals surface area contributed by atoms with E-state index < -0.39 is 5.67 Å². The molecule has 84 valence electrons. The van der Waals surface area contributed by atoms with Crippen LogP contribution >= 0.6 is 0 Å². The number of likely N-dealkylation sites (tertiary alicyclic amines) is 1. The molecule has 0 aromatic carbocycles. The monoisotopic (exact) mass is 201 g/mol. The summed E-state index contributed by atoms with van der Waals surface area (Å²) in [5.74, 6) is 0.477. The van der Waals surface area contributed by atoms with E-state index >= 15 is 0 Å². The van der Waals surface area contributed by atoms with Crippen molar-refractivity contribution in [3.05, 3.63) is 0 Å². The smallest absolute Gasteiger partial charge is 0.113 e. The number of hydrogen-bond acceptors (Lipinski definition) is 1. The molecular weight excluding hydrogens is 177 g/mol. The molecule has 0 aliphatic carbocycles. The first-order chi connectivity index (χ1) is 6.43. The number of halogens is 1. The predicted octanol–water partition coefficient (Wildman–Crippen LogP) is 3.25. The molecule has 1 aliphatic heterocycles. The molecule has 0 bridgehead atoms. The lowest BCUT2D eigenvalue weighted by atomic mass is 9.85. The lowest BCUT2D eigenvalue weighted by Crippen LogP contribution is -2.45. The summed E-state index contributed by atoms with van der Waals surface area (Å²) in [5.41, 5.74) is -0.875. The molecule has 1 heterocycles. The van der Waals surface area contributed by atoms with Gasteiger partial charge < -0.3 is 4.90 Å². The fourth-order valence-corrected chi connectivity index (χ4v) is 2.38. The number of hydrogen-bond donors (Lipinski definition) is 0. The highest BCUT2D eigenvalue weighted by atomic mass is 19.1. The summed E-state index contributed by atoms with van der Waals surface area (Å²) < 4.78 is 14.2. The molecule has 0 atom stereocenters. The molecular formula is C12H24FN. The average molecular weight is 201 g/mol. The van der Waals surface area contributed by atoms with Crippen molar-refractivity contribution in [1.82, 2.24) is 4.90 Å². The lowest BCUT2D eigenvalue weighted by Gasteiger charge is -2.39. The minimum Gasteiger partial charge on any atom is -0.301 e. The largest absolute Gasteiger partial charge is 0.301 e. The highest BCUT2D eigenvalue weighted by Crippen LogP contribution is 2.33. The van der Waals surface area contributed by atoms with Gasteiger partial charge in [0.25, 0.3) is 0 Å². The van der Waals surface area contributed by atoms with E-state index in [9.17, 15) is 4.39 Å². The van der Waals surface area contributed by atoms with Crippen LogP contribution in [0.2, 0.25) is 0 Å². The molecule has 2 heteroatoms. The van der Waals surface area contributed by atoms with Crippen LogP contribution in [0.3, 0.4) is 0 Å². The standard InChI is InChI=1S/C12H24FN/c1-10(2)9-12(13)5-7-14(8-6-12)11(3)4/h10-11H,5-9H2,1-4H3. The van der Waals surface area contributed by atoms with Gasteiger partial charge in [-0.3, -0.25) is 0 Å². The highest BCUT2D eigenvalue weighted by Gasteiger charge is 2.35. The minimum atomic E-state index is -0.875. The maximum atomic E-state index is 14.2. The molecule has 14 heavy (non-hydrogen) atoms. The van der Waals surface area contributed by atoms with Gasteiger partial charge in [0.1, 0.15) is 5.67 Å². The van der Waals surface area contributed by atoms with Crippen molar-refractivity contribution in [3.8, 4) is 0 Å². The number of piperidine rings is 1. The Kier molecular flexibility index (Phi) is 3.94. The second-order valence-electron chi connectivity index (χ2n) is 5.38. The van der Waals surface area contributed by atoms with E-state index in [-0.39, 0.29) is 0 Å². The van der Waals surface area contributed by atoms with Gasteiger partial charge in [0.15, 0.2) is 0 Å². The zero-order chi connectivity index (χ0) is 10.8. The molecule has 0 N–H and O–H groups in total. The van der Waals surface area contributed by atoms with Gasteiger partial charge in [-0.25, -0.2) is 4.39 Å². The van der Waals surface area contributed by atoms with Gasteiger partial charge in [0, 0.05) is 19.1 Å². The summed E-state index contributed by atoms with van der Waals surface area (Å²) in [4.78, 5) is 2.37. The van der Waals surface area contributed by atoms with E-state index in [1.807, 2.05) is 0 Å². The Morgan fingerprint density at radius 2 is 1.64 bits per heavy atom. The fourth-order valence-electron chi connectivity index (χ4n) is 2.38. The van der Waals surface area contributed by atoms with Crippen molar-refractivity contribution < 1.29 is 4.39 Å². The van der Waals surface area contributed by atoms with Gasteiger partial charge in [0.2, 0.25) is 0 Å². The number of alkyl halides is 1. The van der Waals surface area contributed by atoms with Crippen LogP contribution in [-0.4, -0.2) is 29.7 Å². The third kappa shape index (κ3) is 3.23. The van der Waals surface area contributed by atoms with Gasteiger partial charge in [-0.1, -0.05) is 13.8 Å². The van der Waals surface area contributed by atoms with Gasteiger partial charge in [-0.2, -0.15) is 0 Å². The predicted molar refractivity (Wildman–Crippen MR) is 59.2 cm³/mol. The van der Waals surface area contributed by atoms with E-state index in [0.29, 0.717) is 12.0 Å². The number of rotatable bonds is 3. The molecule has 0 radical (unpaired) electrons. The van der Waals surface area contributed by atoms with E-state index in [4.69, 9.17) is 0 Å². The molecule has 0 spiro atoms. The van der Waals surface area contributed by atoms with Crippen LogP contribution in [0, 0.1) is 5.92 Å². The first-order valence-electron chi connectivity index (χ1n) is 5.86. The van der Waals surface area contributed by atoms with Crippen LogP contribution in [0.5, 0.6) is 0 Å². The summed E-state index contributed by atoms with van der Waals surface area (Å²) in [6.07, 6.45) is 2.19. The van der Waals surface area contributed by atoms with Crippen LogP contribution in [0.4, 0.5) is 4.39 Å². The van der Waals surface area contributed by atoms with Crippen molar-refractivity contribution in [2.24, 2.45) is 5.92 Å². The maximum absolute atomic E-state index is 14.2. The van der Waals surface area contributed by atoms with Crippen LogP contribution in [0.25, 0.3) is 0 Å². The fraction of sp³-hybridized carbons (Fsp3) is 1.00. The second kappa shape index (κ2) is 4.61. The van der Waals surface area contributed by atoms with Crippen LogP contribution < -0.4 is 0 Å². The molecule has 0 amide bonds. The van der Waals surface area contributed by atoms with Crippen LogP contribution in [0.15, 0.2) is 0 Å². The first-order valence-corrected chi connectivity index (χ1v) is 5.86. The minimum absolute atomic E-state index is 0.477. The molecule has 1 aliphatic rings. The third-order valence-electron chi connectivity index (χ3n) is 3.20. The Balaban J connectivity index is 2.41. The van der Waals surface area contributed by atoms with Crippen molar-refractivity contribution in [2.45, 2.75) is 58.7 Å². The molecule has 0 unspecified atom stereocenters. The third-order valence-corrected chi connectivity index (χ3v) is 3.20. The first kappa shape index (κ1) is 12.0. The van der Waals surface area contributed by atoms with Crippen molar-refractivity contribution in [1.29, 1.82) is 0 Å². The van der Waals surface area contributed by atoms with Crippen molar-refractivity contribution >= 4 is 0 Å². The lowest BCUT2D eigenvalue weighted by molar-refractivity contribution is 0.0296. The molecule has 1 fully saturated rings. The summed E-state index contributed by atoms with van der Waals surface area (Å²) in [5, 5.41) is 0. The zero-order valence-corrected chi connectivity index (χ0v) is 10.0. The molecule has 1 rings (SSSR count). The number of nitrogens with zero attached hydrogens (tertiary/aromatic N) is 1. The maximum Gasteiger partial charge on any atom is 0.113 e. The van der Waals surface area contributed by atoms with E-state index in [0.717, 1.165) is 32.4 Å². The normalized spacial score (nSPS) is 23.4.